The third kappa shape index (κ3) is 3.29. The van der Waals surface area contributed by atoms with Gasteiger partial charge in [0.15, 0.2) is 0 Å². The van der Waals surface area contributed by atoms with Gasteiger partial charge in [0, 0.05) is 23.0 Å². The van der Waals surface area contributed by atoms with Crippen molar-refractivity contribution in [3.63, 3.8) is 0 Å². The molecule has 2 aromatic rings. The number of hydrogen-bond donors (Lipinski definition) is 1. The van der Waals surface area contributed by atoms with Crippen LogP contribution in [0.1, 0.15) is 23.2 Å². The van der Waals surface area contributed by atoms with Crippen molar-refractivity contribution in [2.75, 3.05) is 7.11 Å². The molecule has 2 rings (SSSR count). The summed E-state index contributed by atoms with van der Waals surface area (Å²) < 4.78 is 43.1. The third-order valence-corrected chi connectivity index (χ3v) is 3.38. The number of methoxy groups -OCH3 is 1. The van der Waals surface area contributed by atoms with E-state index in [1.807, 2.05) is 0 Å². The number of nitrogens with one attached hydrogen (secondary N) is 1. The van der Waals surface area contributed by atoms with Gasteiger partial charge in [-0.2, -0.15) is 13.2 Å². The number of rotatable bonds is 5. The van der Waals surface area contributed by atoms with Crippen LogP contribution in [0.2, 0.25) is 0 Å². The molecule has 0 saturated carbocycles. The molecule has 0 fully saturated rings. The van der Waals surface area contributed by atoms with Gasteiger partial charge in [0.2, 0.25) is 0 Å². The maximum atomic E-state index is 12.8. The van der Waals surface area contributed by atoms with Crippen molar-refractivity contribution in [3.05, 3.63) is 35.0 Å². The number of alkyl halides is 3. The number of carbonyl (C=O) groups is 2. The smallest absolute Gasteiger partial charge is 0.416 e. The highest BCUT2D eigenvalue weighted by Crippen LogP contribution is 2.33. The lowest BCUT2D eigenvalue weighted by atomic mass is 10.0. The molecule has 0 radical (unpaired) electrons. The molecule has 1 aromatic carbocycles. The highest BCUT2D eigenvalue weighted by atomic mass is 19.4. The number of H-pyrrole nitrogens is 1. The van der Waals surface area contributed by atoms with Gasteiger partial charge in [-0.25, -0.2) is 0 Å². The molecule has 118 valence electrons. The number of esters is 1. The van der Waals surface area contributed by atoms with Crippen LogP contribution >= 0.6 is 0 Å². The highest BCUT2D eigenvalue weighted by Gasteiger charge is 2.31. The van der Waals surface area contributed by atoms with Crippen molar-refractivity contribution < 1.29 is 27.5 Å². The van der Waals surface area contributed by atoms with Crippen LogP contribution in [0.25, 0.3) is 10.9 Å². The Balaban J connectivity index is 2.56. The van der Waals surface area contributed by atoms with Gasteiger partial charge >= 0.3 is 12.1 Å². The lowest BCUT2D eigenvalue weighted by Gasteiger charge is -2.07. The average Bonchev–Trinajstić information content (AvgIpc) is 2.81. The van der Waals surface area contributed by atoms with Gasteiger partial charge in [-0.1, -0.05) is 0 Å². The molecule has 1 heterocycles. The maximum absolute atomic E-state index is 12.8. The first kappa shape index (κ1) is 16.1. The maximum Gasteiger partial charge on any atom is 0.416 e. The molecular weight excluding hydrogens is 299 g/mol. The Labute approximate surface area is 124 Å². The molecule has 0 spiro atoms. The molecule has 7 heteroatoms. The fourth-order valence-corrected chi connectivity index (χ4v) is 2.31. The minimum atomic E-state index is -4.46. The minimum Gasteiger partial charge on any atom is -0.469 e. The van der Waals surface area contributed by atoms with E-state index in [0.29, 0.717) is 34.9 Å². The summed E-state index contributed by atoms with van der Waals surface area (Å²) in [5.74, 6) is -0.550. The molecule has 1 aromatic heterocycles. The molecule has 0 aliphatic heterocycles. The Morgan fingerprint density at radius 3 is 2.68 bits per heavy atom. The lowest BCUT2D eigenvalue weighted by molar-refractivity contribution is -0.140. The second-order valence-electron chi connectivity index (χ2n) is 4.80. The van der Waals surface area contributed by atoms with Crippen LogP contribution in [-0.4, -0.2) is 24.3 Å². The van der Waals surface area contributed by atoms with E-state index in [1.54, 1.807) is 0 Å². The van der Waals surface area contributed by atoms with Crippen molar-refractivity contribution >= 4 is 23.2 Å². The highest BCUT2D eigenvalue weighted by molar-refractivity contribution is 5.89. The molecule has 0 amide bonds. The predicted octanol–water partition coefficient (Wildman–Crippen LogP) is 3.03. The summed E-state index contributed by atoms with van der Waals surface area (Å²) in [6.45, 7) is 0. The topological polar surface area (TPSA) is 59.2 Å². The number of benzene rings is 1. The number of aromatic nitrogens is 1. The summed E-state index contributed by atoms with van der Waals surface area (Å²) >= 11 is 0. The van der Waals surface area contributed by atoms with Crippen LogP contribution in [-0.2, 0) is 33.3 Å². The van der Waals surface area contributed by atoms with E-state index in [-0.39, 0.29) is 12.8 Å². The van der Waals surface area contributed by atoms with Crippen molar-refractivity contribution in [1.29, 1.82) is 0 Å². The first-order chi connectivity index (χ1) is 10.4. The Hall–Kier alpha value is -2.31. The zero-order valence-electron chi connectivity index (χ0n) is 11.8. The largest absolute Gasteiger partial charge is 0.469 e. The molecular formula is C15H14F3NO3. The molecule has 0 unspecified atom stereocenters. The van der Waals surface area contributed by atoms with E-state index < -0.39 is 17.7 Å². The zero-order chi connectivity index (χ0) is 16.3. The number of fused-ring (bicyclic) bond motifs is 1. The first-order valence-electron chi connectivity index (χ1n) is 6.58. The quantitative estimate of drug-likeness (QED) is 0.682. The van der Waals surface area contributed by atoms with Crippen molar-refractivity contribution in [2.45, 2.75) is 25.4 Å². The summed E-state index contributed by atoms with van der Waals surface area (Å²) in [6.07, 6.45) is -3.35. The fourth-order valence-electron chi connectivity index (χ4n) is 2.31. The summed E-state index contributed by atoms with van der Waals surface area (Å²) in [7, 11) is 1.21. The number of halogens is 3. The molecule has 22 heavy (non-hydrogen) atoms. The van der Waals surface area contributed by atoms with E-state index in [2.05, 4.69) is 9.72 Å². The fraction of sp³-hybridized carbons (Fsp3) is 0.333. The normalized spacial score (nSPS) is 11.6. The van der Waals surface area contributed by atoms with Gasteiger partial charge in [0.1, 0.15) is 6.29 Å². The van der Waals surface area contributed by atoms with Gasteiger partial charge in [-0.15, -0.1) is 0 Å². The Kier molecular flexibility index (Phi) is 4.54. The number of hydrogen-bond acceptors (Lipinski definition) is 3. The van der Waals surface area contributed by atoms with E-state index in [1.165, 1.54) is 13.2 Å². The Morgan fingerprint density at radius 2 is 2.09 bits per heavy atom. The number of aromatic amines is 1. The number of carbonyl (C=O) groups excluding carboxylic acids is 2. The van der Waals surface area contributed by atoms with Crippen LogP contribution in [0.15, 0.2) is 18.2 Å². The first-order valence-corrected chi connectivity index (χ1v) is 6.58. The van der Waals surface area contributed by atoms with Gasteiger partial charge in [-0.05, 0) is 30.2 Å². The van der Waals surface area contributed by atoms with Crippen molar-refractivity contribution in [3.8, 4) is 0 Å². The van der Waals surface area contributed by atoms with Crippen molar-refractivity contribution in [2.24, 2.45) is 0 Å². The SMILES string of the molecule is COC(=O)Cc1c(CCC=O)[nH]c2ccc(C(F)(F)F)cc12. The second-order valence-corrected chi connectivity index (χ2v) is 4.80. The Morgan fingerprint density at radius 1 is 1.36 bits per heavy atom. The van der Waals surface area contributed by atoms with Gasteiger partial charge in [-0.3, -0.25) is 4.79 Å². The minimum absolute atomic E-state index is 0.147. The third-order valence-electron chi connectivity index (χ3n) is 3.38. The summed E-state index contributed by atoms with van der Waals surface area (Å²) in [4.78, 5) is 25.0. The summed E-state index contributed by atoms with van der Waals surface area (Å²) in [6, 6.07) is 3.31. The van der Waals surface area contributed by atoms with Crippen LogP contribution in [0.4, 0.5) is 13.2 Å². The lowest BCUT2D eigenvalue weighted by Crippen LogP contribution is -2.07. The molecule has 1 N–H and O–H groups in total. The van der Waals surface area contributed by atoms with Crippen molar-refractivity contribution in [1.82, 2.24) is 4.98 Å². The number of ether oxygens (including phenoxy) is 1. The van der Waals surface area contributed by atoms with Gasteiger partial charge < -0.3 is 14.5 Å². The average molecular weight is 313 g/mol. The molecule has 0 saturated heterocycles. The summed E-state index contributed by atoms with van der Waals surface area (Å²) in [5.41, 5.74) is 0.724. The molecule has 0 aliphatic carbocycles. The van der Waals surface area contributed by atoms with Crippen LogP contribution in [0, 0.1) is 0 Å². The van der Waals surface area contributed by atoms with Gasteiger partial charge in [0.25, 0.3) is 0 Å². The van der Waals surface area contributed by atoms with E-state index >= 15 is 0 Å². The molecule has 0 atom stereocenters. The zero-order valence-corrected chi connectivity index (χ0v) is 11.8. The standard InChI is InChI=1S/C15H14F3NO3/c1-22-14(21)8-11-10-7-9(15(16,17)18)4-5-13(10)19-12(11)3-2-6-20/h4-7,19H,2-3,8H2,1H3. The monoisotopic (exact) mass is 313 g/mol. The predicted molar refractivity (Wildman–Crippen MR) is 73.4 cm³/mol. The number of aryl methyl sites for hydroxylation is 1. The second kappa shape index (κ2) is 6.21. The van der Waals surface area contributed by atoms with E-state index in [9.17, 15) is 22.8 Å². The number of aldehydes is 1. The van der Waals surface area contributed by atoms with Gasteiger partial charge in [0.05, 0.1) is 19.1 Å². The van der Waals surface area contributed by atoms with E-state index in [0.717, 1.165) is 12.1 Å². The molecule has 0 bridgehead atoms. The van der Waals surface area contributed by atoms with E-state index in [4.69, 9.17) is 0 Å². The molecule has 0 aliphatic rings. The van der Waals surface area contributed by atoms with Crippen LogP contribution in [0.5, 0.6) is 0 Å². The molecule has 4 nitrogen and oxygen atoms in total. The van der Waals surface area contributed by atoms with Crippen LogP contribution < -0.4 is 0 Å². The Bertz CT molecular complexity index is 704. The van der Waals surface area contributed by atoms with Crippen LogP contribution in [0.3, 0.4) is 0 Å². The summed E-state index contributed by atoms with van der Waals surface area (Å²) in [5, 5.41) is 0.320.